The molecule has 1 aromatic rings. The molecule has 0 aromatic heterocycles. The Balaban J connectivity index is 2.01. The lowest BCUT2D eigenvalue weighted by atomic mass is 9.64. The Hall–Kier alpha value is -1.02. The van der Waals surface area contributed by atoms with Crippen LogP contribution >= 0.6 is 0 Å². The van der Waals surface area contributed by atoms with Crippen LogP contribution in [0.15, 0.2) is 24.3 Å². The van der Waals surface area contributed by atoms with Crippen LogP contribution in [-0.4, -0.2) is 18.7 Å². The molecule has 0 aliphatic heterocycles. The van der Waals surface area contributed by atoms with Gasteiger partial charge >= 0.3 is 0 Å². The summed E-state index contributed by atoms with van der Waals surface area (Å²) in [7, 11) is 0. The van der Waals surface area contributed by atoms with Crippen LogP contribution < -0.4 is 10.1 Å². The van der Waals surface area contributed by atoms with Gasteiger partial charge in [-0.05, 0) is 30.2 Å². The van der Waals surface area contributed by atoms with E-state index < -0.39 is 0 Å². The molecule has 0 radical (unpaired) electrons. The second kappa shape index (κ2) is 5.54. The van der Waals surface area contributed by atoms with Crippen LogP contribution in [0, 0.1) is 5.41 Å². The molecular formula is C17H27NO. The zero-order valence-electron chi connectivity index (χ0n) is 12.9. The highest BCUT2D eigenvalue weighted by molar-refractivity contribution is 5.31. The van der Waals surface area contributed by atoms with Crippen molar-refractivity contribution in [1.82, 2.24) is 5.32 Å². The molecule has 0 heterocycles. The third kappa shape index (κ3) is 2.94. The van der Waals surface area contributed by atoms with Crippen molar-refractivity contribution in [1.29, 1.82) is 0 Å². The van der Waals surface area contributed by atoms with Crippen molar-refractivity contribution in [2.75, 3.05) is 6.54 Å². The monoisotopic (exact) mass is 261 g/mol. The third-order valence-electron chi connectivity index (χ3n) is 4.43. The van der Waals surface area contributed by atoms with Crippen LogP contribution in [-0.2, 0) is 0 Å². The summed E-state index contributed by atoms with van der Waals surface area (Å²) in [5.74, 6) is 1.56. The molecule has 1 aliphatic rings. The summed E-state index contributed by atoms with van der Waals surface area (Å²) in [6.45, 7) is 12.2. The molecule has 0 spiro atoms. The molecule has 2 nitrogen and oxygen atoms in total. The number of benzene rings is 1. The lowest BCUT2D eigenvalue weighted by Crippen LogP contribution is -2.62. The van der Waals surface area contributed by atoms with Crippen molar-refractivity contribution >= 4 is 0 Å². The van der Waals surface area contributed by atoms with Gasteiger partial charge in [-0.15, -0.1) is 0 Å². The average molecular weight is 261 g/mol. The Labute approximate surface area is 117 Å². The highest BCUT2D eigenvalue weighted by atomic mass is 16.5. The molecule has 1 aliphatic carbocycles. The number of ether oxygens (including phenoxy) is 1. The number of rotatable bonds is 5. The topological polar surface area (TPSA) is 21.3 Å². The minimum Gasteiger partial charge on any atom is -0.490 e. The van der Waals surface area contributed by atoms with E-state index in [-0.39, 0.29) is 5.41 Å². The molecule has 0 bridgehead atoms. The van der Waals surface area contributed by atoms with Gasteiger partial charge in [0.05, 0.1) is 0 Å². The van der Waals surface area contributed by atoms with Crippen LogP contribution in [0.4, 0.5) is 0 Å². The average Bonchev–Trinajstić information content (AvgIpc) is 2.38. The molecule has 1 aromatic carbocycles. The Morgan fingerprint density at radius 3 is 2.68 bits per heavy atom. The maximum Gasteiger partial charge on any atom is 0.120 e. The van der Waals surface area contributed by atoms with Crippen LogP contribution in [0.25, 0.3) is 0 Å². The van der Waals surface area contributed by atoms with Gasteiger partial charge in [-0.3, -0.25) is 0 Å². The molecule has 2 atom stereocenters. The first kappa shape index (κ1) is 14.4. The summed E-state index contributed by atoms with van der Waals surface area (Å²) in [6.07, 6.45) is 1.42. The van der Waals surface area contributed by atoms with Gasteiger partial charge in [-0.25, -0.2) is 0 Å². The minimum absolute atomic E-state index is 0.212. The second-order valence-electron chi connectivity index (χ2n) is 6.50. The normalized spacial score (nSPS) is 25.2. The fraction of sp³-hybridized carbons (Fsp3) is 0.647. The van der Waals surface area contributed by atoms with E-state index in [4.69, 9.17) is 4.74 Å². The Kier molecular flexibility index (Phi) is 4.19. The summed E-state index contributed by atoms with van der Waals surface area (Å²) in [5.41, 5.74) is 1.56. The molecule has 0 amide bonds. The SMILES string of the molecule is CCNC1CC(Oc2cccc(C(C)C)c2)C1(C)C. The highest BCUT2D eigenvalue weighted by Crippen LogP contribution is 2.43. The number of hydrogen-bond donors (Lipinski definition) is 1. The zero-order valence-corrected chi connectivity index (χ0v) is 12.9. The summed E-state index contributed by atoms with van der Waals surface area (Å²) >= 11 is 0. The lowest BCUT2D eigenvalue weighted by molar-refractivity contribution is -0.0541. The molecule has 106 valence electrons. The van der Waals surface area contributed by atoms with E-state index in [1.807, 2.05) is 0 Å². The van der Waals surface area contributed by atoms with Gasteiger partial charge < -0.3 is 10.1 Å². The highest BCUT2D eigenvalue weighted by Gasteiger charge is 2.49. The molecule has 2 unspecified atom stereocenters. The number of nitrogens with one attached hydrogen (secondary N) is 1. The van der Waals surface area contributed by atoms with E-state index in [1.165, 1.54) is 5.56 Å². The Morgan fingerprint density at radius 2 is 2.11 bits per heavy atom. The zero-order chi connectivity index (χ0) is 14.0. The van der Waals surface area contributed by atoms with Crippen molar-refractivity contribution in [3.63, 3.8) is 0 Å². The molecule has 19 heavy (non-hydrogen) atoms. The summed E-state index contributed by atoms with van der Waals surface area (Å²) in [5, 5.41) is 3.54. The van der Waals surface area contributed by atoms with Gasteiger partial charge in [0.15, 0.2) is 0 Å². The quantitative estimate of drug-likeness (QED) is 0.866. The fourth-order valence-electron chi connectivity index (χ4n) is 2.79. The van der Waals surface area contributed by atoms with E-state index in [0.717, 1.165) is 18.7 Å². The van der Waals surface area contributed by atoms with E-state index in [0.29, 0.717) is 18.1 Å². The van der Waals surface area contributed by atoms with Crippen molar-refractivity contribution in [2.45, 2.75) is 59.1 Å². The van der Waals surface area contributed by atoms with Crippen molar-refractivity contribution in [3.8, 4) is 5.75 Å². The smallest absolute Gasteiger partial charge is 0.120 e. The summed E-state index contributed by atoms with van der Waals surface area (Å²) in [6, 6.07) is 9.10. The second-order valence-corrected chi connectivity index (χ2v) is 6.50. The van der Waals surface area contributed by atoms with Gasteiger partial charge in [0.2, 0.25) is 0 Å². The van der Waals surface area contributed by atoms with Gasteiger partial charge in [0.25, 0.3) is 0 Å². The van der Waals surface area contributed by atoms with Crippen LogP contribution in [0.1, 0.15) is 52.5 Å². The molecular weight excluding hydrogens is 234 g/mol. The summed E-state index contributed by atoms with van der Waals surface area (Å²) < 4.78 is 6.19. The fourth-order valence-corrected chi connectivity index (χ4v) is 2.79. The molecule has 1 N–H and O–H groups in total. The van der Waals surface area contributed by atoms with E-state index in [2.05, 4.69) is 64.2 Å². The van der Waals surface area contributed by atoms with Crippen molar-refractivity contribution < 1.29 is 4.74 Å². The maximum absolute atomic E-state index is 6.19. The van der Waals surface area contributed by atoms with Crippen LogP contribution in [0.2, 0.25) is 0 Å². The minimum atomic E-state index is 0.212. The van der Waals surface area contributed by atoms with Crippen LogP contribution in [0.3, 0.4) is 0 Å². The molecule has 1 saturated carbocycles. The lowest BCUT2D eigenvalue weighted by Gasteiger charge is -2.51. The molecule has 2 rings (SSSR count). The first-order chi connectivity index (χ1) is 8.95. The number of hydrogen-bond acceptors (Lipinski definition) is 2. The predicted octanol–water partition coefficient (Wildman–Crippen LogP) is 3.97. The van der Waals surface area contributed by atoms with Gasteiger partial charge in [-0.1, -0.05) is 46.8 Å². The van der Waals surface area contributed by atoms with E-state index in [1.54, 1.807) is 0 Å². The predicted molar refractivity (Wildman–Crippen MR) is 80.8 cm³/mol. The van der Waals surface area contributed by atoms with Gasteiger partial charge in [0, 0.05) is 17.9 Å². The Bertz CT molecular complexity index is 425. The van der Waals surface area contributed by atoms with Crippen LogP contribution in [0.5, 0.6) is 5.75 Å². The molecule has 0 saturated heterocycles. The maximum atomic E-state index is 6.19. The summed E-state index contributed by atoms with van der Waals surface area (Å²) in [4.78, 5) is 0. The van der Waals surface area contributed by atoms with Crippen molar-refractivity contribution in [3.05, 3.63) is 29.8 Å². The van der Waals surface area contributed by atoms with Gasteiger partial charge in [-0.2, -0.15) is 0 Å². The standard InChI is InChI=1S/C17H27NO/c1-6-18-15-11-16(17(15,4)5)19-14-9-7-8-13(10-14)12(2)3/h7-10,12,15-16,18H,6,11H2,1-5H3. The molecule has 1 fully saturated rings. The molecule has 2 heteroatoms. The van der Waals surface area contributed by atoms with E-state index in [9.17, 15) is 0 Å². The van der Waals surface area contributed by atoms with Gasteiger partial charge in [0.1, 0.15) is 11.9 Å². The third-order valence-corrected chi connectivity index (χ3v) is 4.43. The first-order valence-corrected chi connectivity index (χ1v) is 7.45. The van der Waals surface area contributed by atoms with Crippen molar-refractivity contribution in [2.24, 2.45) is 5.41 Å². The Morgan fingerprint density at radius 1 is 1.37 bits per heavy atom. The van der Waals surface area contributed by atoms with E-state index >= 15 is 0 Å². The first-order valence-electron chi connectivity index (χ1n) is 7.45. The largest absolute Gasteiger partial charge is 0.490 e.